The number of hydrogen-bond donors (Lipinski definition) is 0. The maximum Gasteiger partial charge on any atom is 0.457 e. The third-order valence-electron chi connectivity index (χ3n) is 2.39. The maximum atomic E-state index is 13.3. The minimum Gasteiger partial charge on any atom is -0.469 e. The molecule has 0 fully saturated rings. The smallest absolute Gasteiger partial charge is 0.457 e. The average molecular weight is 312 g/mol. The summed E-state index contributed by atoms with van der Waals surface area (Å²) in [5.74, 6) is -8.33. The molecule has 1 heterocycles. The summed E-state index contributed by atoms with van der Waals surface area (Å²) in [5.41, 5.74) is -1.72. The van der Waals surface area contributed by atoms with Gasteiger partial charge in [-0.1, -0.05) is 0 Å². The van der Waals surface area contributed by atoms with Crippen LogP contribution in [0.15, 0.2) is 34.5 Å². The van der Waals surface area contributed by atoms with Crippen LogP contribution in [0.4, 0.5) is 22.0 Å². The van der Waals surface area contributed by atoms with E-state index >= 15 is 0 Å². The molecule has 0 bridgehead atoms. The van der Waals surface area contributed by atoms with E-state index in [2.05, 4.69) is 9.15 Å². The number of ketones is 1. The fourth-order valence-corrected chi connectivity index (χ4v) is 1.31. The van der Waals surface area contributed by atoms with Gasteiger partial charge >= 0.3 is 18.1 Å². The molecular formula is C12H9F5O4. The Morgan fingerprint density at radius 3 is 2.33 bits per heavy atom. The van der Waals surface area contributed by atoms with Gasteiger partial charge in [0, 0.05) is 5.57 Å². The summed E-state index contributed by atoms with van der Waals surface area (Å²) in [7, 11) is 0.819. The van der Waals surface area contributed by atoms with Crippen LogP contribution in [0.1, 0.15) is 17.0 Å². The van der Waals surface area contributed by atoms with E-state index in [1.165, 1.54) is 6.07 Å². The monoisotopic (exact) mass is 312 g/mol. The highest BCUT2D eigenvalue weighted by Crippen LogP contribution is 2.42. The van der Waals surface area contributed by atoms with Crippen LogP contribution in [0.25, 0.3) is 0 Å². The van der Waals surface area contributed by atoms with E-state index in [1.807, 2.05) is 0 Å². The Labute approximate surface area is 115 Å². The van der Waals surface area contributed by atoms with Crippen molar-refractivity contribution in [2.24, 2.45) is 0 Å². The van der Waals surface area contributed by atoms with Gasteiger partial charge in [0.1, 0.15) is 0 Å². The van der Waals surface area contributed by atoms with Crippen LogP contribution >= 0.6 is 0 Å². The molecule has 21 heavy (non-hydrogen) atoms. The van der Waals surface area contributed by atoms with Crippen molar-refractivity contribution in [3.8, 4) is 0 Å². The van der Waals surface area contributed by atoms with E-state index < -0.39 is 41.6 Å². The number of methoxy groups -OCH3 is 1. The van der Waals surface area contributed by atoms with Crippen molar-refractivity contribution in [1.29, 1.82) is 0 Å². The van der Waals surface area contributed by atoms with Crippen molar-refractivity contribution >= 4 is 11.8 Å². The van der Waals surface area contributed by atoms with Gasteiger partial charge in [-0.15, -0.1) is 0 Å². The zero-order valence-corrected chi connectivity index (χ0v) is 10.5. The molecule has 0 unspecified atom stereocenters. The Bertz CT molecular complexity index is 542. The second-order valence-corrected chi connectivity index (χ2v) is 3.84. The van der Waals surface area contributed by atoms with E-state index in [-0.39, 0.29) is 6.08 Å². The van der Waals surface area contributed by atoms with Gasteiger partial charge in [0.2, 0.25) is 5.78 Å². The van der Waals surface area contributed by atoms with Crippen molar-refractivity contribution in [3.05, 3.63) is 35.8 Å². The quantitative estimate of drug-likeness (QED) is 0.363. The first-order valence-corrected chi connectivity index (χ1v) is 5.40. The van der Waals surface area contributed by atoms with Crippen molar-refractivity contribution < 1.29 is 40.7 Å². The van der Waals surface area contributed by atoms with E-state index in [0.717, 1.165) is 19.4 Å². The summed E-state index contributed by atoms with van der Waals surface area (Å²) in [4.78, 5) is 22.5. The number of rotatable bonds is 5. The largest absolute Gasteiger partial charge is 0.469 e. The maximum absolute atomic E-state index is 13.3. The summed E-state index contributed by atoms with van der Waals surface area (Å²) < 4.78 is 72.3. The van der Waals surface area contributed by atoms with Crippen molar-refractivity contribution in [3.63, 3.8) is 0 Å². The van der Waals surface area contributed by atoms with Crippen LogP contribution in [0.5, 0.6) is 0 Å². The molecule has 0 radical (unpaired) electrons. The third kappa shape index (κ3) is 3.89. The SMILES string of the molecule is COC(=O)C/C(=C\C(=O)c1ccco1)C(F)(F)C(F)(F)F. The Morgan fingerprint density at radius 1 is 1.29 bits per heavy atom. The zero-order chi connectivity index (χ0) is 16.3. The van der Waals surface area contributed by atoms with Crippen LogP contribution in [0, 0.1) is 0 Å². The first-order chi connectivity index (χ1) is 9.59. The predicted molar refractivity (Wildman–Crippen MR) is 58.8 cm³/mol. The highest BCUT2D eigenvalue weighted by atomic mass is 19.4. The van der Waals surface area contributed by atoms with Gasteiger partial charge in [-0.05, 0) is 18.2 Å². The molecular weight excluding hydrogens is 303 g/mol. The van der Waals surface area contributed by atoms with Crippen molar-refractivity contribution in [2.45, 2.75) is 18.5 Å². The lowest BCUT2D eigenvalue weighted by atomic mass is 10.0. The molecule has 116 valence electrons. The molecule has 0 spiro atoms. The molecule has 0 N–H and O–H groups in total. The number of carbonyl (C=O) groups is 2. The minimum atomic E-state index is -5.95. The molecule has 0 aliphatic rings. The van der Waals surface area contributed by atoms with Gasteiger partial charge < -0.3 is 9.15 Å². The summed E-state index contributed by atoms with van der Waals surface area (Å²) in [5, 5.41) is 0. The number of esters is 1. The number of ether oxygens (including phenoxy) is 1. The molecule has 9 heteroatoms. The minimum absolute atomic E-state index is 0.0310. The molecule has 0 saturated carbocycles. The Balaban J connectivity index is 3.20. The summed E-state index contributed by atoms with van der Waals surface area (Å²) >= 11 is 0. The molecule has 0 aliphatic heterocycles. The predicted octanol–water partition coefficient (Wildman–Crippen LogP) is 3.15. The molecule has 0 amide bonds. The first kappa shape index (κ1) is 16.9. The molecule has 1 aromatic heterocycles. The first-order valence-electron chi connectivity index (χ1n) is 5.40. The second kappa shape index (κ2) is 6.06. The standard InChI is InChI=1S/C12H9F5O4/c1-20-10(19)6-7(11(13,14)12(15,16)17)5-8(18)9-3-2-4-21-9/h2-5H,6H2,1H3/b7-5+. The van der Waals surface area contributed by atoms with Crippen LogP contribution in [-0.4, -0.2) is 31.0 Å². The van der Waals surface area contributed by atoms with Crippen molar-refractivity contribution in [1.82, 2.24) is 0 Å². The van der Waals surface area contributed by atoms with E-state index in [0.29, 0.717) is 0 Å². The molecule has 4 nitrogen and oxygen atoms in total. The lowest BCUT2D eigenvalue weighted by Crippen LogP contribution is -2.39. The fourth-order valence-electron chi connectivity index (χ4n) is 1.31. The van der Waals surface area contributed by atoms with Gasteiger partial charge in [-0.25, -0.2) is 0 Å². The van der Waals surface area contributed by atoms with Crippen molar-refractivity contribution in [2.75, 3.05) is 7.11 Å². The van der Waals surface area contributed by atoms with Gasteiger partial charge in [-0.3, -0.25) is 9.59 Å². The van der Waals surface area contributed by atoms with Crippen LogP contribution < -0.4 is 0 Å². The highest BCUT2D eigenvalue weighted by Gasteiger charge is 2.60. The van der Waals surface area contributed by atoms with E-state index in [4.69, 9.17) is 0 Å². The summed E-state index contributed by atoms with van der Waals surface area (Å²) in [6, 6.07) is 2.34. The zero-order valence-electron chi connectivity index (χ0n) is 10.5. The topological polar surface area (TPSA) is 56.5 Å². The molecule has 1 aromatic rings. The third-order valence-corrected chi connectivity index (χ3v) is 2.39. The molecule has 0 saturated heterocycles. The molecule has 0 aliphatic carbocycles. The molecule has 1 rings (SSSR count). The Kier molecular flexibility index (Phi) is 4.87. The number of furan rings is 1. The molecule has 0 aromatic carbocycles. The van der Waals surface area contributed by atoms with Gasteiger partial charge in [0.25, 0.3) is 0 Å². The van der Waals surface area contributed by atoms with Gasteiger partial charge in [-0.2, -0.15) is 22.0 Å². The normalized spacial score (nSPS) is 13.1. The second-order valence-electron chi connectivity index (χ2n) is 3.84. The number of hydrogen-bond acceptors (Lipinski definition) is 4. The highest BCUT2D eigenvalue weighted by molar-refractivity contribution is 6.03. The Morgan fingerprint density at radius 2 is 1.90 bits per heavy atom. The van der Waals surface area contributed by atoms with Crippen LogP contribution in [0.3, 0.4) is 0 Å². The Hall–Kier alpha value is -2.19. The van der Waals surface area contributed by atoms with Crippen LogP contribution in [-0.2, 0) is 9.53 Å². The lowest BCUT2D eigenvalue weighted by Gasteiger charge is -2.21. The number of allylic oxidation sites excluding steroid dienone is 1. The van der Waals surface area contributed by atoms with Gasteiger partial charge in [0.15, 0.2) is 5.76 Å². The lowest BCUT2D eigenvalue weighted by molar-refractivity contribution is -0.265. The van der Waals surface area contributed by atoms with E-state index in [1.54, 1.807) is 0 Å². The number of carbonyl (C=O) groups excluding carboxylic acids is 2. The van der Waals surface area contributed by atoms with Crippen LogP contribution in [0.2, 0.25) is 0 Å². The fraction of sp³-hybridized carbons (Fsp3) is 0.333. The van der Waals surface area contributed by atoms with Gasteiger partial charge in [0.05, 0.1) is 19.8 Å². The van der Waals surface area contributed by atoms with E-state index in [9.17, 15) is 31.5 Å². The number of halogens is 5. The average Bonchev–Trinajstić information content (AvgIpc) is 2.90. The summed E-state index contributed by atoms with van der Waals surface area (Å²) in [6.45, 7) is 0. The molecule has 0 atom stereocenters. The summed E-state index contributed by atoms with van der Waals surface area (Å²) in [6.07, 6.45) is -6.25. The number of alkyl halides is 5.